The molecule has 2 nitrogen and oxygen atoms in total. The van der Waals surface area contributed by atoms with Gasteiger partial charge in [0.25, 0.3) is 0 Å². The lowest BCUT2D eigenvalue weighted by atomic mass is 10.2. The second kappa shape index (κ2) is 6.57. The Morgan fingerprint density at radius 2 is 1.80 bits per heavy atom. The van der Waals surface area contributed by atoms with E-state index in [1.165, 1.54) is 24.3 Å². The second-order valence-corrected chi connectivity index (χ2v) is 4.57. The number of hydrogen-bond donors (Lipinski definition) is 1. The summed E-state index contributed by atoms with van der Waals surface area (Å²) in [6, 6.07) is 8.46. The molecular weight excluding hydrogens is 284 g/mol. The molecule has 0 aliphatic heterocycles. The Balaban J connectivity index is 2.14. The van der Waals surface area contributed by atoms with Crippen LogP contribution in [0.5, 0.6) is 5.75 Å². The minimum atomic E-state index is -0.379. The summed E-state index contributed by atoms with van der Waals surface area (Å²) in [6.45, 7) is 2.66. The fraction of sp³-hybridized carbons (Fsp3) is 0.200. The average molecular weight is 298 g/mol. The first kappa shape index (κ1) is 14.6. The molecular formula is C15H14ClF2NO. The van der Waals surface area contributed by atoms with E-state index in [4.69, 9.17) is 16.3 Å². The minimum Gasteiger partial charge on any atom is -0.492 e. The summed E-state index contributed by atoms with van der Waals surface area (Å²) < 4.78 is 31.5. The second-order valence-electron chi connectivity index (χ2n) is 4.16. The number of hydrogen-bond acceptors (Lipinski definition) is 2. The summed E-state index contributed by atoms with van der Waals surface area (Å²) in [7, 11) is 0. The van der Waals surface area contributed by atoms with Crippen LogP contribution in [0.3, 0.4) is 0 Å². The van der Waals surface area contributed by atoms with Crippen molar-refractivity contribution in [1.29, 1.82) is 0 Å². The molecule has 0 aliphatic rings. The largest absolute Gasteiger partial charge is 0.492 e. The molecule has 0 amide bonds. The molecule has 0 fully saturated rings. The van der Waals surface area contributed by atoms with Crippen molar-refractivity contribution < 1.29 is 13.5 Å². The fourth-order valence-corrected chi connectivity index (χ4v) is 2.01. The van der Waals surface area contributed by atoms with Gasteiger partial charge in [0, 0.05) is 17.6 Å². The molecule has 0 unspecified atom stereocenters. The van der Waals surface area contributed by atoms with Gasteiger partial charge in [-0.25, -0.2) is 8.78 Å². The molecule has 2 rings (SSSR count). The molecule has 0 radical (unpaired) electrons. The van der Waals surface area contributed by atoms with E-state index >= 15 is 0 Å². The molecule has 0 spiro atoms. The highest BCUT2D eigenvalue weighted by molar-refractivity contribution is 6.31. The highest BCUT2D eigenvalue weighted by Crippen LogP contribution is 2.27. The van der Waals surface area contributed by atoms with E-state index in [0.717, 1.165) is 5.56 Å². The van der Waals surface area contributed by atoms with Gasteiger partial charge in [-0.1, -0.05) is 17.7 Å². The van der Waals surface area contributed by atoms with Gasteiger partial charge < -0.3 is 10.1 Å². The number of rotatable bonds is 5. The number of nitrogens with one attached hydrogen (secondary N) is 1. The van der Waals surface area contributed by atoms with Crippen molar-refractivity contribution in [3.05, 3.63) is 58.6 Å². The lowest BCUT2D eigenvalue weighted by Gasteiger charge is -2.13. The van der Waals surface area contributed by atoms with Gasteiger partial charge in [0.15, 0.2) is 0 Å². The zero-order valence-corrected chi connectivity index (χ0v) is 11.7. The van der Waals surface area contributed by atoms with Gasteiger partial charge in [0.1, 0.15) is 17.4 Å². The number of anilines is 1. The van der Waals surface area contributed by atoms with Crippen LogP contribution in [0.4, 0.5) is 14.5 Å². The summed E-state index contributed by atoms with van der Waals surface area (Å²) in [5.41, 5.74) is 1.41. The first-order valence-corrected chi connectivity index (χ1v) is 6.58. The molecule has 2 aromatic carbocycles. The molecule has 5 heteroatoms. The topological polar surface area (TPSA) is 21.3 Å². The number of benzene rings is 2. The Kier molecular flexibility index (Phi) is 4.79. The van der Waals surface area contributed by atoms with E-state index in [9.17, 15) is 8.78 Å². The van der Waals surface area contributed by atoms with E-state index in [0.29, 0.717) is 29.6 Å². The summed E-state index contributed by atoms with van der Waals surface area (Å²) in [5, 5.41) is 3.45. The molecule has 0 saturated heterocycles. The van der Waals surface area contributed by atoms with Crippen molar-refractivity contribution in [1.82, 2.24) is 0 Å². The van der Waals surface area contributed by atoms with E-state index in [2.05, 4.69) is 5.32 Å². The normalized spacial score (nSPS) is 10.4. The van der Waals surface area contributed by atoms with Crippen LogP contribution in [-0.2, 0) is 6.54 Å². The van der Waals surface area contributed by atoms with E-state index in [1.807, 2.05) is 6.92 Å². The lowest BCUT2D eigenvalue weighted by Crippen LogP contribution is -2.03. The third-order valence-corrected chi connectivity index (χ3v) is 3.08. The van der Waals surface area contributed by atoms with Crippen LogP contribution in [-0.4, -0.2) is 6.61 Å². The molecule has 0 aliphatic carbocycles. The summed E-state index contributed by atoms with van der Waals surface area (Å²) in [4.78, 5) is 0. The Labute approximate surface area is 121 Å². The zero-order valence-electron chi connectivity index (χ0n) is 10.9. The van der Waals surface area contributed by atoms with Crippen molar-refractivity contribution in [2.24, 2.45) is 0 Å². The van der Waals surface area contributed by atoms with Gasteiger partial charge in [-0.15, -0.1) is 0 Å². The quantitative estimate of drug-likeness (QED) is 0.869. The summed E-state index contributed by atoms with van der Waals surface area (Å²) in [5.74, 6) is -0.305. The van der Waals surface area contributed by atoms with Crippen LogP contribution >= 0.6 is 11.6 Å². The first-order valence-electron chi connectivity index (χ1n) is 6.20. The molecule has 0 saturated carbocycles. The third-order valence-electron chi connectivity index (χ3n) is 2.73. The van der Waals surface area contributed by atoms with E-state index in [-0.39, 0.29) is 11.6 Å². The summed E-state index contributed by atoms with van der Waals surface area (Å²) in [6.07, 6.45) is 0. The molecule has 1 N–H and O–H groups in total. The first-order chi connectivity index (χ1) is 9.60. The van der Waals surface area contributed by atoms with Gasteiger partial charge >= 0.3 is 0 Å². The molecule has 20 heavy (non-hydrogen) atoms. The summed E-state index contributed by atoms with van der Waals surface area (Å²) >= 11 is 5.95. The number of ether oxygens (including phenoxy) is 1. The van der Waals surface area contributed by atoms with Crippen LogP contribution in [0.15, 0.2) is 36.4 Å². The molecule has 0 aromatic heterocycles. The Bertz CT molecular complexity index is 604. The Hall–Kier alpha value is -1.81. The van der Waals surface area contributed by atoms with Gasteiger partial charge in [0.2, 0.25) is 0 Å². The molecule has 2 aromatic rings. The molecule has 106 valence electrons. The van der Waals surface area contributed by atoms with Crippen LogP contribution in [0, 0.1) is 11.6 Å². The van der Waals surface area contributed by atoms with E-state index < -0.39 is 0 Å². The SMILES string of the molecule is CCOc1cc(F)ccc1NCc1ccc(F)cc1Cl. The fourth-order valence-electron chi connectivity index (χ4n) is 1.77. The minimum absolute atomic E-state index is 0.345. The van der Waals surface area contributed by atoms with Gasteiger partial charge in [-0.3, -0.25) is 0 Å². The monoisotopic (exact) mass is 297 g/mol. The van der Waals surface area contributed by atoms with Gasteiger partial charge in [-0.2, -0.15) is 0 Å². The Morgan fingerprint density at radius 1 is 1.10 bits per heavy atom. The standard InChI is InChI=1S/C15H14ClF2NO/c1-2-20-15-8-12(18)5-6-14(15)19-9-10-3-4-11(17)7-13(10)16/h3-8,19H,2,9H2,1H3. The van der Waals surface area contributed by atoms with Crippen molar-refractivity contribution in [2.75, 3.05) is 11.9 Å². The maximum absolute atomic E-state index is 13.2. The predicted octanol–water partition coefficient (Wildman–Crippen LogP) is 4.63. The van der Waals surface area contributed by atoms with E-state index in [1.54, 1.807) is 12.1 Å². The average Bonchev–Trinajstić information content (AvgIpc) is 2.40. The highest BCUT2D eigenvalue weighted by atomic mass is 35.5. The van der Waals surface area contributed by atoms with Crippen LogP contribution in [0.1, 0.15) is 12.5 Å². The van der Waals surface area contributed by atoms with Crippen LogP contribution in [0.2, 0.25) is 5.02 Å². The molecule has 0 heterocycles. The van der Waals surface area contributed by atoms with Gasteiger partial charge in [-0.05, 0) is 36.8 Å². The maximum Gasteiger partial charge on any atom is 0.145 e. The molecule has 0 atom stereocenters. The predicted molar refractivity (Wildman–Crippen MR) is 76.3 cm³/mol. The molecule has 0 bridgehead atoms. The van der Waals surface area contributed by atoms with Crippen molar-refractivity contribution in [2.45, 2.75) is 13.5 Å². The van der Waals surface area contributed by atoms with Crippen molar-refractivity contribution in [3.63, 3.8) is 0 Å². The Morgan fingerprint density at radius 3 is 2.50 bits per heavy atom. The third kappa shape index (κ3) is 3.61. The zero-order chi connectivity index (χ0) is 14.5. The van der Waals surface area contributed by atoms with Crippen LogP contribution < -0.4 is 10.1 Å². The van der Waals surface area contributed by atoms with Gasteiger partial charge in [0.05, 0.1) is 12.3 Å². The van der Waals surface area contributed by atoms with Crippen LogP contribution in [0.25, 0.3) is 0 Å². The lowest BCUT2D eigenvalue weighted by molar-refractivity contribution is 0.340. The van der Waals surface area contributed by atoms with Crippen molar-refractivity contribution in [3.8, 4) is 5.75 Å². The smallest absolute Gasteiger partial charge is 0.145 e. The number of halogens is 3. The maximum atomic E-state index is 13.2. The highest BCUT2D eigenvalue weighted by Gasteiger charge is 2.07. The van der Waals surface area contributed by atoms with Crippen molar-refractivity contribution >= 4 is 17.3 Å².